The van der Waals surface area contributed by atoms with Crippen LogP contribution in [0.25, 0.3) is 0 Å². The summed E-state index contributed by atoms with van der Waals surface area (Å²) < 4.78 is 5.38. The molecule has 0 spiro atoms. The van der Waals surface area contributed by atoms with Crippen LogP contribution in [0, 0.1) is 0 Å². The summed E-state index contributed by atoms with van der Waals surface area (Å²) in [6, 6.07) is 3.50. The average Bonchev–Trinajstić information content (AvgIpc) is 2.45. The topological polar surface area (TPSA) is 42.4 Å². The smallest absolute Gasteiger partial charge is 0.254 e. The van der Waals surface area contributed by atoms with Gasteiger partial charge in [-0.05, 0) is 25.0 Å². The van der Waals surface area contributed by atoms with E-state index < -0.39 is 0 Å². The number of pyridine rings is 1. The highest BCUT2D eigenvalue weighted by Gasteiger charge is 2.26. The lowest BCUT2D eigenvalue weighted by atomic mass is 9.90. The van der Waals surface area contributed by atoms with Gasteiger partial charge in [-0.25, -0.2) is 4.98 Å². The number of hydrogen-bond donors (Lipinski definition) is 0. The van der Waals surface area contributed by atoms with E-state index in [4.69, 9.17) is 16.3 Å². The van der Waals surface area contributed by atoms with Crippen molar-refractivity contribution in [2.24, 2.45) is 0 Å². The molecule has 2 heterocycles. The average molecular weight is 311 g/mol. The Labute approximate surface area is 131 Å². The third-order valence-corrected chi connectivity index (χ3v) is 4.00. The Morgan fingerprint density at radius 2 is 2.14 bits per heavy atom. The molecule has 1 unspecified atom stereocenters. The molecule has 0 saturated carbocycles. The van der Waals surface area contributed by atoms with Crippen molar-refractivity contribution in [1.29, 1.82) is 0 Å². The monoisotopic (exact) mass is 310 g/mol. The summed E-state index contributed by atoms with van der Waals surface area (Å²) in [5.41, 5.74) is 1.30. The number of likely N-dealkylation sites (tertiary alicyclic amines) is 1. The van der Waals surface area contributed by atoms with Crippen molar-refractivity contribution < 1.29 is 9.53 Å². The van der Waals surface area contributed by atoms with E-state index >= 15 is 0 Å². The highest BCUT2D eigenvalue weighted by Crippen LogP contribution is 2.24. The SMILES string of the molecule is COC1CCCN(C(=O)c2cc(Cl)nc(C(C)(C)C)c2)C1. The summed E-state index contributed by atoms with van der Waals surface area (Å²) in [4.78, 5) is 18.9. The van der Waals surface area contributed by atoms with E-state index in [2.05, 4.69) is 25.8 Å². The molecular formula is C16H23ClN2O2. The minimum Gasteiger partial charge on any atom is -0.380 e. The minimum absolute atomic E-state index is 0.00606. The maximum Gasteiger partial charge on any atom is 0.254 e. The number of rotatable bonds is 2. The number of ether oxygens (including phenoxy) is 1. The van der Waals surface area contributed by atoms with Crippen molar-refractivity contribution in [3.63, 3.8) is 0 Å². The van der Waals surface area contributed by atoms with Crippen LogP contribution in [0.1, 0.15) is 49.7 Å². The molecule has 1 saturated heterocycles. The van der Waals surface area contributed by atoms with Gasteiger partial charge < -0.3 is 9.64 Å². The molecule has 1 aromatic rings. The molecule has 0 N–H and O–H groups in total. The molecule has 1 atom stereocenters. The molecule has 1 aliphatic rings. The van der Waals surface area contributed by atoms with E-state index in [0.717, 1.165) is 25.1 Å². The van der Waals surface area contributed by atoms with Gasteiger partial charge in [-0.1, -0.05) is 32.4 Å². The zero-order valence-electron chi connectivity index (χ0n) is 13.1. The second-order valence-corrected chi connectivity index (χ2v) is 6.95. The Hall–Kier alpha value is -1.13. The maximum atomic E-state index is 12.7. The number of amides is 1. The van der Waals surface area contributed by atoms with Crippen molar-refractivity contribution in [3.05, 3.63) is 28.5 Å². The summed E-state index contributed by atoms with van der Waals surface area (Å²) in [6.07, 6.45) is 2.10. The second-order valence-electron chi connectivity index (χ2n) is 6.56. The van der Waals surface area contributed by atoms with Gasteiger partial charge in [0.2, 0.25) is 0 Å². The first-order chi connectivity index (χ1) is 9.81. The minimum atomic E-state index is -0.142. The zero-order valence-corrected chi connectivity index (χ0v) is 13.9. The molecule has 0 aliphatic carbocycles. The van der Waals surface area contributed by atoms with E-state index in [1.807, 2.05) is 11.0 Å². The maximum absolute atomic E-state index is 12.7. The fourth-order valence-corrected chi connectivity index (χ4v) is 2.71. The predicted molar refractivity (Wildman–Crippen MR) is 83.9 cm³/mol. The van der Waals surface area contributed by atoms with Crippen molar-refractivity contribution in [2.45, 2.75) is 45.1 Å². The number of carbonyl (C=O) groups is 1. The van der Waals surface area contributed by atoms with Gasteiger partial charge in [-0.15, -0.1) is 0 Å². The Morgan fingerprint density at radius 1 is 1.43 bits per heavy atom. The van der Waals surface area contributed by atoms with Crippen LogP contribution < -0.4 is 0 Å². The van der Waals surface area contributed by atoms with Gasteiger partial charge in [0.1, 0.15) is 5.15 Å². The lowest BCUT2D eigenvalue weighted by molar-refractivity contribution is 0.0269. The number of nitrogens with zero attached hydrogens (tertiary/aromatic N) is 2. The zero-order chi connectivity index (χ0) is 15.6. The predicted octanol–water partition coefficient (Wildman–Crippen LogP) is 3.28. The molecular weight excluding hydrogens is 288 g/mol. The lowest BCUT2D eigenvalue weighted by Crippen LogP contribution is -2.43. The van der Waals surface area contributed by atoms with E-state index in [0.29, 0.717) is 17.3 Å². The standard InChI is InChI=1S/C16H23ClN2O2/c1-16(2,3)13-8-11(9-14(17)18-13)15(20)19-7-5-6-12(10-19)21-4/h8-9,12H,5-7,10H2,1-4H3. The van der Waals surface area contributed by atoms with Gasteiger partial charge in [-0.3, -0.25) is 4.79 Å². The van der Waals surface area contributed by atoms with Gasteiger partial charge >= 0.3 is 0 Å². The molecule has 116 valence electrons. The number of halogens is 1. The van der Waals surface area contributed by atoms with E-state index in [9.17, 15) is 4.79 Å². The number of hydrogen-bond acceptors (Lipinski definition) is 3. The van der Waals surface area contributed by atoms with Crippen molar-refractivity contribution in [2.75, 3.05) is 20.2 Å². The number of methoxy groups -OCH3 is 1. The van der Waals surface area contributed by atoms with Gasteiger partial charge in [0, 0.05) is 36.9 Å². The molecule has 1 fully saturated rings. The Balaban J connectivity index is 2.25. The van der Waals surface area contributed by atoms with Gasteiger partial charge in [-0.2, -0.15) is 0 Å². The first-order valence-corrected chi connectivity index (χ1v) is 7.69. The van der Waals surface area contributed by atoms with Gasteiger partial charge in [0.05, 0.1) is 6.10 Å². The van der Waals surface area contributed by atoms with Crippen molar-refractivity contribution >= 4 is 17.5 Å². The van der Waals surface area contributed by atoms with Crippen LogP contribution in [-0.4, -0.2) is 42.1 Å². The van der Waals surface area contributed by atoms with Crippen LogP contribution in [0.15, 0.2) is 12.1 Å². The first-order valence-electron chi connectivity index (χ1n) is 7.31. The van der Waals surface area contributed by atoms with Crippen LogP contribution in [0.2, 0.25) is 5.15 Å². The lowest BCUT2D eigenvalue weighted by Gasteiger charge is -2.32. The Morgan fingerprint density at radius 3 is 2.76 bits per heavy atom. The highest BCUT2D eigenvalue weighted by atomic mass is 35.5. The van der Waals surface area contributed by atoms with Gasteiger partial charge in [0.25, 0.3) is 5.91 Å². The molecule has 0 aromatic carbocycles. The van der Waals surface area contributed by atoms with Crippen LogP contribution in [-0.2, 0) is 10.2 Å². The quantitative estimate of drug-likeness (QED) is 0.787. The fourth-order valence-electron chi connectivity index (χ4n) is 2.50. The summed E-state index contributed by atoms with van der Waals surface area (Å²) >= 11 is 6.09. The molecule has 5 heteroatoms. The van der Waals surface area contributed by atoms with Crippen molar-refractivity contribution in [3.8, 4) is 0 Å². The molecule has 1 aromatic heterocycles. The van der Waals surface area contributed by atoms with Crippen LogP contribution in [0.4, 0.5) is 0 Å². The van der Waals surface area contributed by atoms with Crippen molar-refractivity contribution in [1.82, 2.24) is 9.88 Å². The number of carbonyl (C=O) groups excluding carboxylic acids is 1. The Kier molecular flexibility index (Phi) is 4.89. The number of piperidine rings is 1. The molecule has 1 aliphatic heterocycles. The van der Waals surface area contributed by atoms with E-state index in [1.165, 1.54) is 0 Å². The normalized spacial score (nSPS) is 19.7. The third-order valence-electron chi connectivity index (χ3n) is 3.81. The van der Waals surface area contributed by atoms with Crippen LogP contribution >= 0.6 is 11.6 Å². The molecule has 4 nitrogen and oxygen atoms in total. The van der Waals surface area contributed by atoms with Crippen LogP contribution in [0.3, 0.4) is 0 Å². The van der Waals surface area contributed by atoms with E-state index in [1.54, 1.807) is 13.2 Å². The summed E-state index contributed by atoms with van der Waals surface area (Å²) in [5, 5.41) is 0.367. The Bertz CT molecular complexity index is 525. The first kappa shape index (κ1) is 16.2. The summed E-state index contributed by atoms with van der Waals surface area (Å²) in [6.45, 7) is 7.58. The van der Waals surface area contributed by atoms with Gasteiger partial charge in [0.15, 0.2) is 0 Å². The molecule has 2 rings (SSSR count). The number of aromatic nitrogens is 1. The third kappa shape index (κ3) is 3.95. The van der Waals surface area contributed by atoms with E-state index in [-0.39, 0.29) is 17.4 Å². The van der Waals surface area contributed by atoms with Crippen LogP contribution in [0.5, 0.6) is 0 Å². The summed E-state index contributed by atoms with van der Waals surface area (Å²) in [5.74, 6) is 0.00606. The molecule has 0 radical (unpaired) electrons. The largest absolute Gasteiger partial charge is 0.380 e. The summed E-state index contributed by atoms with van der Waals surface area (Å²) in [7, 11) is 1.69. The molecule has 21 heavy (non-hydrogen) atoms. The second kappa shape index (κ2) is 6.32. The fraction of sp³-hybridized carbons (Fsp3) is 0.625. The highest BCUT2D eigenvalue weighted by molar-refractivity contribution is 6.29. The molecule has 1 amide bonds. The molecule has 0 bridgehead atoms.